The molecule has 2 unspecified atom stereocenters. The lowest BCUT2D eigenvalue weighted by molar-refractivity contribution is -0.192. The van der Waals surface area contributed by atoms with Gasteiger partial charge in [-0.2, -0.15) is 13.2 Å². The van der Waals surface area contributed by atoms with Crippen molar-refractivity contribution in [2.75, 3.05) is 26.2 Å². The second kappa shape index (κ2) is 9.41. The maximum absolute atomic E-state index is 12.2. The fraction of sp³-hybridized carbons (Fsp3) is 0.889. The lowest BCUT2D eigenvalue weighted by Crippen LogP contribution is -2.65. The first kappa shape index (κ1) is 22.9. The Hall–Kier alpha value is -1.39. The van der Waals surface area contributed by atoms with Crippen LogP contribution in [0.5, 0.6) is 0 Å². The van der Waals surface area contributed by atoms with E-state index in [1.165, 1.54) is 6.42 Å². The molecule has 0 aromatic carbocycles. The first-order valence-corrected chi connectivity index (χ1v) is 9.82. The summed E-state index contributed by atoms with van der Waals surface area (Å²) in [6, 6.07) is 0.680. The molecule has 3 heterocycles. The number of rotatable bonds is 0. The monoisotopic (exact) mass is 408 g/mol. The molecule has 2 bridgehead atoms. The number of carboxylic acid groups (broad SMARTS) is 1. The normalized spacial score (nSPS) is 33.2. The molecule has 0 aliphatic carbocycles. The molecular weight excluding hydrogens is 377 g/mol. The molecule has 3 aliphatic rings. The molecule has 6 N–H and O–H groups in total. The summed E-state index contributed by atoms with van der Waals surface area (Å²) in [6.07, 6.45) is 0.296. The van der Waals surface area contributed by atoms with E-state index in [9.17, 15) is 18.0 Å². The number of hydrogen-bond donors (Lipinski definition) is 5. The quantitative estimate of drug-likeness (QED) is 0.406. The van der Waals surface area contributed by atoms with Gasteiger partial charge in [0.05, 0.1) is 0 Å². The van der Waals surface area contributed by atoms with E-state index in [4.69, 9.17) is 15.6 Å². The van der Waals surface area contributed by atoms with Gasteiger partial charge in [0.15, 0.2) is 0 Å². The highest BCUT2D eigenvalue weighted by Gasteiger charge is 2.46. The molecule has 28 heavy (non-hydrogen) atoms. The molecule has 0 aromatic heterocycles. The van der Waals surface area contributed by atoms with Crippen molar-refractivity contribution < 1.29 is 27.9 Å². The van der Waals surface area contributed by atoms with Crippen LogP contribution in [0.1, 0.15) is 39.0 Å². The predicted octanol–water partition coefficient (Wildman–Crippen LogP) is 0.841. The Kier molecular flexibility index (Phi) is 7.69. The Morgan fingerprint density at radius 2 is 1.86 bits per heavy atom. The van der Waals surface area contributed by atoms with Gasteiger partial charge in [0.25, 0.3) is 0 Å². The smallest absolute Gasteiger partial charge is 0.475 e. The van der Waals surface area contributed by atoms with Crippen LogP contribution < -0.4 is 21.7 Å². The van der Waals surface area contributed by atoms with Crippen molar-refractivity contribution in [3.05, 3.63) is 0 Å². The van der Waals surface area contributed by atoms with Crippen molar-refractivity contribution in [3.63, 3.8) is 0 Å². The lowest BCUT2D eigenvalue weighted by Gasteiger charge is -2.52. The molecule has 0 aromatic rings. The minimum Gasteiger partial charge on any atom is -0.475 e. The number of piperidine rings is 1. The average Bonchev–Trinajstić information content (AvgIpc) is 2.59. The van der Waals surface area contributed by atoms with E-state index in [1.54, 1.807) is 0 Å². The van der Waals surface area contributed by atoms with E-state index in [2.05, 4.69) is 16.0 Å². The van der Waals surface area contributed by atoms with E-state index in [-0.39, 0.29) is 23.3 Å². The van der Waals surface area contributed by atoms with Gasteiger partial charge < -0.3 is 26.8 Å². The van der Waals surface area contributed by atoms with Crippen LogP contribution in [-0.4, -0.2) is 61.4 Å². The molecule has 10 heteroatoms. The molecular formula is C18H31F3N4O3. The lowest BCUT2D eigenvalue weighted by atomic mass is 9.65. The second-order valence-corrected chi connectivity index (χ2v) is 8.26. The summed E-state index contributed by atoms with van der Waals surface area (Å²) in [7, 11) is 0. The zero-order valence-electron chi connectivity index (χ0n) is 16.1. The first-order valence-electron chi connectivity index (χ1n) is 9.82. The number of carbonyl (C=O) groups is 2. The molecule has 1 amide bonds. The van der Waals surface area contributed by atoms with E-state index >= 15 is 0 Å². The number of fused-ring (bicyclic) bond motifs is 3. The number of alkyl halides is 3. The number of carbonyl (C=O) groups excluding carboxylic acids is 1. The Labute approximate surface area is 163 Å². The zero-order valence-corrected chi connectivity index (χ0v) is 16.1. The van der Waals surface area contributed by atoms with Crippen LogP contribution in [0.15, 0.2) is 0 Å². The summed E-state index contributed by atoms with van der Waals surface area (Å²) in [5.74, 6) is -1.76. The number of amides is 1. The number of halogens is 3. The summed E-state index contributed by atoms with van der Waals surface area (Å²) in [5, 5.41) is 17.4. The van der Waals surface area contributed by atoms with Crippen LogP contribution in [-0.2, 0) is 9.59 Å². The third-order valence-corrected chi connectivity index (χ3v) is 6.25. The standard InChI is InChI=1S/C16H30N4O.C2HF3O2/c1-11-3-2-4-13(17)14-7-12(5-6-19-14)16(8-18-9-16)10-20-15(11)21;3-2(4,5)1(6)7/h11-14,18-19H,2-10,17H2,1H3,(H,20,21);(H,6,7)/t11-,12?,13+,14?;/m1./s1. The molecule has 7 nitrogen and oxygen atoms in total. The SMILES string of the molecule is C[C@@H]1CCC[C@H](N)C2CC(CCN2)C2(CNC2)CNC1=O.O=C(O)C(F)(F)F. The number of aliphatic carboxylic acids is 1. The Balaban J connectivity index is 0.000000345. The summed E-state index contributed by atoms with van der Waals surface area (Å²) < 4.78 is 31.7. The van der Waals surface area contributed by atoms with Crippen LogP contribution in [0.2, 0.25) is 0 Å². The van der Waals surface area contributed by atoms with Gasteiger partial charge in [-0.1, -0.05) is 13.3 Å². The average molecular weight is 408 g/mol. The maximum Gasteiger partial charge on any atom is 0.490 e. The van der Waals surface area contributed by atoms with Gasteiger partial charge in [-0.15, -0.1) is 0 Å². The van der Waals surface area contributed by atoms with Crippen LogP contribution in [0.3, 0.4) is 0 Å². The highest BCUT2D eigenvalue weighted by atomic mass is 19.4. The third-order valence-electron chi connectivity index (χ3n) is 6.25. The van der Waals surface area contributed by atoms with Crippen molar-refractivity contribution >= 4 is 11.9 Å². The second-order valence-electron chi connectivity index (χ2n) is 8.26. The number of carboxylic acids is 1. The minimum absolute atomic E-state index is 0.106. The highest BCUT2D eigenvalue weighted by Crippen LogP contribution is 2.39. The highest BCUT2D eigenvalue weighted by molar-refractivity contribution is 5.78. The van der Waals surface area contributed by atoms with Gasteiger partial charge in [0.1, 0.15) is 0 Å². The molecule has 3 rings (SSSR count). The van der Waals surface area contributed by atoms with Gasteiger partial charge in [-0.3, -0.25) is 4.79 Å². The van der Waals surface area contributed by atoms with E-state index in [0.717, 1.165) is 51.9 Å². The van der Waals surface area contributed by atoms with E-state index < -0.39 is 12.1 Å². The molecule has 4 atom stereocenters. The molecule has 0 radical (unpaired) electrons. The van der Waals surface area contributed by atoms with Crippen molar-refractivity contribution in [2.45, 2.75) is 57.3 Å². The van der Waals surface area contributed by atoms with Crippen molar-refractivity contribution in [1.29, 1.82) is 0 Å². The molecule has 3 fully saturated rings. The van der Waals surface area contributed by atoms with Gasteiger partial charge in [-0.25, -0.2) is 4.79 Å². The van der Waals surface area contributed by atoms with Crippen LogP contribution in [0, 0.1) is 17.3 Å². The van der Waals surface area contributed by atoms with Crippen molar-refractivity contribution in [1.82, 2.24) is 16.0 Å². The maximum atomic E-state index is 12.2. The number of nitrogens with one attached hydrogen (secondary N) is 3. The summed E-state index contributed by atoms with van der Waals surface area (Å²) >= 11 is 0. The van der Waals surface area contributed by atoms with E-state index in [1.807, 2.05) is 6.92 Å². The summed E-state index contributed by atoms with van der Waals surface area (Å²) in [5.41, 5.74) is 6.67. The zero-order chi connectivity index (χ0) is 20.9. The van der Waals surface area contributed by atoms with Gasteiger partial charge in [0.2, 0.25) is 5.91 Å². The predicted molar refractivity (Wildman–Crippen MR) is 97.5 cm³/mol. The fourth-order valence-corrected chi connectivity index (χ4v) is 4.27. The molecule has 162 valence electrons. The summed E-state index contributed by atoms with van der Waals surface area (Å²) in [4.78, 5) is 21.1. The Morgan fingerprint density at radius 1 is 1.21 bits per heavy atom. The number of hydrogen-bond acceptors (Lipinski definition) is 5. The van der Waals surface area contributed by atoms with Gasteiger partial charge in [-0.05, 0) is 38.1 Å². The fourth-order valence-electron chi connectivity index (χ4n) is 4.27. The van der Waals surface area contributed by atoms with Crippen molar-refractivity contribution in [3.8, 4) is 0 Å². The minimum atomic E-state index is -5.08. The van der Waals surface area contributed by atoms with Crippen LogP contribution in [0.4, 0.5) is 13.2 Å². The Bertz CT molecular complexity index is 555. The molecule has 0 saturated carbocycles. The van der Waals surface area contributed by atoms with Crippen molar-refractivity contribution in [2.24, 2.45) is 23.0 Å². The molecule has 3 saturated heterocycles. The van der Waals surface area contributed by atoms with Gasteiger partial charge >= 0.3 is 12.1 Å². The van der Waals surface area contributed by atoms with Crippen LogP contribution >= 0.6 is 0 Å². The third kappa shape index (κ3) is 5.81. The van der Waals surface area contributed by atoms with Crippen LogP contribution in [0.25, 0.3) is 0 Å². The largest absolute Gasteiger partial charge is 0.490 e. The Morgan fingerprint density at radius 3 is 2.39 bits per heavy atom. The van der Waals surface area contributed by atoms with Gasteiger partial charge in [0, 0.05) is 43.1 Å². The first-order chi connectivity index (χ1) is 13.0. The number of nitrogens with two attached hydrogens (primary N) is 1. The molecule has 1 spiro atoms. The molecule has 3 aliphatic heterocycles. The van der Waals surface area contributed by atoms with E-state index in [0.29, 0.717) is 12.0 Å². The summed E-state index contributed by atoms with van der Waals surface area (Å²) in [6.45, 7) is 6.00. The topological polar surface area (TPSA) is 116 Å².